The van der Waals surface area contributed by atoms with Gasteiger partial charge in [-0.25, -0.2) is 0 Å². The number of nitrogens with zero attached hydrogens (tertiary/aromatic N) is 1. The zero-order valence-electron chi connectivity index (χ0n) is 15.9. The quantitative estimate of drug-likeness (QED) is 0.709. The number of aromatic amines is 1. The fourth-order valence-corrected chi connectivity index (χ4v) is 4.03. The highest BCUT2D eigenvalue weighted by Gasteiger charge is 2.23. The van der Waals surface area contributed by atoms with E-state index in [1.807, 2.05) is 30.9 Å². The standard InChI is InChI=1S/C22H22ClN3O2/c1-13-6-7-14(2)21-20(13)22(28)17-11-26(9-8-18(17)25-21)12-19(27)24-16-5-3-4-15(23)10-16/h3-7,10H,8-9,11-12H2,1-2H3,(H,24,27)(H,25,28). The van der Waals surface area contributed by atoms with Crippen LogP contribution in [0, 0.1) is 13.8 Å². The third-order valence-electron chi connectivity index (χ3n) is 5.30. The van der Waals surface area contributed by atoms with Crippen LogP contribution >= 0.6 is 11.6 Å². The molecule has 0 unspecified atom stereocenters. The van der Waals surface area contributed by atoms with Crippen LogP contribution in [0.4, 0.5) is 5.69 Å². The number of H-pyrrole nitrogens is 1. The highest BCUT2D eigenvalue weighted by Crippen LogP contribution is 2.23. The van der Waals surface area contributed by atoms with Gasteiger partial charge in [0.25, 0.3) is 0 Å². The van der Waals surface area contributed by atoms with E-state index in [-0.39, 0.29) is 17.9 Å². The molecule has 2 aromatic carbocycles. The molecule has 0 fully saturated rings. The summed E-state index contributed by atoms with van der Waals surface area (Å²) in [6, 6.07) is 11.1. The van der Waals surface area contributed by atoms with E-state index in [1.165, 1.54) is 0 Å². The van der Waals surface area contributed by atoms with Gasteiger partial charge in [0, 0.05) is 46.9 Å². The molecule has 2 N–H and O–H groups in total. The van der Waals surface area contributed by atoms with E-state index < -0.39 is 0 Å². The Morgan fingerprint density at radius 3 is 2.79 bits per heavy atom. The number of rotatable bonds is 3. The number of nitrogens with one attached hydrogen (secondary N) is 2. The van der Waals surface area contributed by atoms with Gasteiger partial charge >= 0.3 is 0 Å². The van der Waals surface area contributed by atoms with Crippen LogP contribution < -0.4 is 10.7 Å². The maximum absolute atomic E-state index is 13.1. The molecule has 1 aliphatic rings. The minimum absolute atomic E-state index is 0.0740. The summed E-state index contributed by atoms with van der Waals surface area (Å²) in [4.78, 5) is 31.0. The summed E-state index contributed by atoms with van der Waals surface area (Å²) in [5, 5.41) is 4.20. The molecule has 0 atom stereocenters. The number of benzene rings is 2. The molecule has 0 bridgehead atoms. The summed E-state index contributed by atoms with van der Waals surface area (Å²) in [5.41, 5.74) is 5.47. The van der Waals surface area contributed by atoms with Crippen molar-refractivity contribution in [2.24, 2.45) is 0 Å². The summed E-state index contributed by atoms with van der Waals surface area (Å²) < 4.78 is 0. The molecule has 28 heavy (non-hydrogen) atoms. The SMILES string of the molecule is Cc1ccc(C)c2c(=O)c3c([nH]c12)CCN(CC(=O)Nc1cccc(Cl)c1)C3. The topological polar surface area (TPSA) is 65.2 Å². The third kappa shape index (κ3) is 3.55. The van der Waals surface area contributed by atoms with Crippen LogP contribution in [-0.2, 0) is 17.8 Å². The van der Waals surface area contributed by atoms with Gasteiger partial charge in [-0.3, -0.25) is 14.5 Å². The first-order valence-corrected chi connectivity index (χ1v) is 9.72. The molecule has 1 aliphatic heterocycles. The number of anilines is 1. The zero-order chi connectivity index (χ0) is 19.8. The summed E-state index contributed by atoms with van der Waals surface area (Å²) in [6.45, 7) is 5.40. The van der Waals surface area contributed by atoms with Crippen molar-refractivity contribution >= 4 is 34.1 Å². The molecule has 0 spiro atoms. The van der Waals surface area contributed by atoms with Crippen LogP contribution in [0.1, 0.15) is 22.4 Å². The van der Waals surface area contributed by atoms with Crippen LogP contribution in [0.25, 0.3) is 10.9 Å². The molecule has 0 radical (unpaired) electrons. The summed E-state index contributed by atoms with van der Waals surface area (Å²) in [7, 11) is 0. The maximum Gasteiger partial charge on any atom is 0.238 e. The van der Waals surface area contributed by atoms with Crippen LogP contribution in [0.15, 0.2) is 41.2 Å². The molecule has 0 aliphatic carbocycles. The first kappa shape index (κ1) is 18.7. The second-order valence-electron chi connectivity index (χ2n) is 7.38. The average molecular weight is 396 g/mol. The largest absolute Gasteiger partial charge is 0.358 e. The van der Waals surface area contributed by atoms with Gasteiger partial charge in [0.1, 0.15) is 0 Å². The minimum atomic E-state index is -0.116. The highest BCUT2D eigenvalue weighted by molar-refractivity contribution is 6.30. The molecule has 2 heterocycles. The van der Waals surface area contributed by atoms with Crippen LogP contribution in [0.5, 0.6) is 0 Å². The van der Waals surface area contributed by atoms with Crippen LogP contribution in [0.3, 0.4) is 0 Å². The lowest BCUT2D eigenvalue weighted by Crippen LogP contribution is -2.39. The lowest BCUT2D eigenvalue weighted by Gasteiger charge is -2.28. The van der Waals surface area contributed by atoms with Crippen molar-refractivity contribution in [3.8, 4) is 0 Å². The van der Waals surface area contributed by atoms with Gasteiger partial charge in [-0.05, 0) is 43.2 Å². The average Bonchev–Trinajstić information content (AvgIpc) is 2.65. The molecule has 1 amide bonds. The number of fused-ring (bicyclic) bond motifs is 2. The summed E-state index contributed by atoms with van der Waals surface area (Å²) in [5.74, 6) is -0.116. The Balaban J connectivity index is 1.56. The number of carbonyl (C=O) groups is 1. The number of amides is 1. The summed E-state index contributed by atoms with van der Waals surface area (Å²) >= 11 is 5.97. The van der Waals surface area contributed by atoms with E-state index in [0.717, 1.165) is 46.3 Å². The van der Waals surface area contributed by atoms with Crippen molar-refractivity contribution in [3.63, 3.8) is 0 Å². The van der Waals surface area contributed by atoms with Crippen molar-refractivity contribution < 1.29 is 4.79 Å². The van der Waals surface area contributed by atoms with E-state index in [1.54, 1.807) is 24.3 Å². The third-order valence-corrected chi connectivity index (χ3v) is 5.53. The lowest BCUT2D eigenvalue weighted by molar-refractivity contribution is -0.117. The maximum atomic E-state index is 13.1. The Morgan fingerprint density at radius 2 is 2.00 bits per heavy atom. The Hall–Kier alpha value is -2.63. The Morgan fingerprint density at radius 1 is 1.21 bits per heavy atom. The van der Waals surface area contributed by atoms with E-state index in [9.17, 15) is 9.59 Å². The molecule has 144 valence electrons. The number of carbonyl (C=O) groups excluding carboxylic acids is 1. The molecule has 6 heteroatoms. The molecule has 0 saturated carbocycles. The minimum Gasteiger partial charge on any atom is -0.358 e. The first-order chi connectivity index (χ1) is 13.4. The molecule has 4 rings (SSSR count). The van der Waals surface area contributed by atoms with Crippen molar-refractivity contribution in [2.75, 3.05) is 18.4 Å². The predicted octanol–water partition coefficient (Wildman–Crippen LogP) is 3.80. The van der Waals surface area contributed by atoms with E-state index in [4.69, 9.17) is 11.6 Å². The number of halogens is 1. The molecule has 3 aromatic rings. The number of pyridine rings is 1. The van der Waals surface area contributed by atoms with Gasteiger partial charge in [0.05, 0.1) is 12.1 Å². The van der Waals surface area contributed by atoms with Crippen molar-refractivity contribution in [1.29, 1.82) is 0 Å². The van der Waals surface area contributed by atoms with Gasteiger partial charge < -0.3 is 10.3 Å². The number of hydrogen-bond acceptors (Lipinski definition) is 3. The molecular weight excluding hydrogens is 374 g/mol. The van der Waals surface area contributed by atoms with E-state index in [0.29, 0.717) is 17.3 Å². The summed E-state index contributed by atoms with van der Waals surface area (Å²) in [6.07, 6.45) is 0.721. The predicted molar refractivity (Wildman–Crippen MR) is 113 cm³/mol. The number of hydrogen-bond donors (Lipinski definition) is 2. The fraction of sp³-hybridized carbons (Fsp3) is 0.273. The molecule has 1 aromatic heterocycles. The Kier molecular flexibility index (Phi) is 4.96. The molecular formula is C22H22ClN3O2. The van der Waals surface area contributed by atoms with Gasteiger partial charge in [-0.15, -0.1) is 0 Å². The highest BCUT2D eigenvalue weighted by atomic mass is 35.5. The van der Waals surface area contributed by atoms with Crippen LogP contribution in [0.2, 0.25) is 5.02 Å². The van der Waals surface area contributed by atoms with E-state index in [2.05, 4.69) is 10.3 Å². The zero-order valence-corrected chi connectivity index (χ0v) is 16.7. The monoisotopic (exact) mass is 395 g/mol. The van der Waals surface area contributed by atoms with Crippen molar-refractivity contribution in [1.82, 2.24) is 9.88 Å². The van der Waals surface area contributed by atoms with E-state index >= 15 is 0 Å². The second kappa shape index (κ2) is 7.41. The normalized spacial score (nSPS) is 14.1. The van der Waals surface area contributed by atoms with Crippen molar-refractivity contribution in [3.05, 3.63) is 74.0 Å². The van der Waals surface area contributed by atoms with Crippen molar-refractivity contribution in [2.45, 2.75) is 26.8 Å². The lowest BCUT2D eigenvalue weighted by atomic mass is 9.98. The van der Waals surface area contributed by atoms with Gasteiger partial charge in [-0.2, -0.15) is 0 Å². The Bertz CT molecular complexity index is 1140. The first-order valence-electron chi connectivity index (χ1n) is 9.34. The van der Waals surface area contributed by atoms with Gasteiger partial charge in [-0.1, -0.05) is 29.8 Å². The fourth-order valence-electron chi connectivity index (χ4n) is 3.84. The molecule has 5 nitrogen and oxygen atoms in total. The smallest absolute Gasteiger partial charge is 0.238 e. The number of aryl methyl sites for hydroxylation is 2. The number of aromatic nitrogens is 1. The molecule has 0 saturated heterocycles. The van der Waals surface area contributed by atoms with Crippen LogP contribution in [-0.4, -0.2) is 28.9 Å². The van der Waals surface area contributed by atoms with Gasteiger partial charge in [0.2, 0.25) is 5.91 Å². The van der Waals surface area contributed by atoms with Gasteiger partial charge in [0.15, 0.2) is 5.43 Å². The Labute approximate surface area is 168 Å². The second-order valence-corrected chi connectivity index (χ2v) is 7.82.